The SMILES string of the molecule is CCC(c1c(C(=O)O)[nH]c2cc(Cl)cc(Cl)c2c1=O)N(C)C. The zero-order valence-corrected chi connectivity index (χ0v) is 13.9. The third-order valence-corrected chi connectivity index (χ3v) is 4.13. The maximum absolute atomic E-state index is 12.9. The Hall–Kier alpha value is -1.56. The Kier molecular flexibility index (Phi) is 4.80. The summed E-state index contributed by atoms with van der Waals surface area (Å²) in [4.78, 5) is 29.0. The van der Waals surface area contributed by atoms with Crippen LogP contribution in [0.5, 0.6) is 0 Å². The van der Waals surface area contributed by atoms with Crippen molar-refractivity contribution in [3.05, 3.63) is 43.7 Å². The van der Waals surface area contributed by atoms with E-state index in [9.17, 15) is 14.7 Å². The number of rotatable bonds is 4. The molecule has 0 aliphatic carbocycles. The molecule has 2 N–H and O–H groups in total. The summed E-state index contributed by atoms with van der Waals surface area (Å²) in [6.45, 7) is 1.89. The quantitative estimate of drug-likeness (QED) is 0.890. The van der Waals surface area contributed by atoms with Gasteiger partial charge in [-0.3, -0.25) is 4.79 Å². The molecule has 0 spiro atoms. The van der Waals surface area contributed by atoms with E-state index in [1.165, 1.54) is 12.1 Å². The summed E-state index contributed by atoms with van der Waals surface area (Å²) in [6, 6.07) is 2.64. The Morgan fingerprint density at radius 1 is 1.36 bits per heavy atom. The number of H-pyrrole nitrogens is 1. The van der Waals surface area contributed by atoms with Crippen molar-refractivity contribution >= 4 is 40.1 Å². The highest BCUT2D eigenvalue weighted by Crippen LogP contribution is 2.29. The minimum atomic E-state index is -1.19. The van der Waals surface area contributed by atoms with E-state index in [0.717, 1.165) is 0 Å². The summed E-state index contributed by atoms with van der Waals surface area (Å²) in [5.41, 5.74) is 0.0127. The predicted octanol–water partition coefficient (Wildman–Crippen LogP) is 3.55. The van der Waals surface area contributed by atoms with E-state index in [-0.39, 0.29) is 33.1 Å². The molecule has 1 unspecified atom stereocenters. The van der Waals surface area contributed by atoms with E-state index in [1.54, 1.807) is 14.1 Å². The average molecular weight is 343 g/mol. The van der Waals surface area contributed by atoms with E-state index < -0.39 is 5.97 Å². The van der Waals surface area contributed by atoms with Crippen molar-refractivity contribution in [3.63, 3.8) is 0 Å². The minimum absolute atomic E-state index is 0.128. The zero-order chi connectivity index (χ0) is 16.6. The van der Waals surface area contributed by atoms with Gasteiger partial charge in [0.05, 0.1) is 15.9 Å². The molecule has 7 heteroatoms. The highest BCUT2D eigenvalue weighted by Gasteiger charge is 2.26. The lowest BCUT2D eigenvalue weighted by molar-refractivity contribution is 0.0687. The van der Waals surface area contributed by atoms with Crippen molar-refractivity contribution in [3.8, 4) is 0 Å². The lowest BCUT2D eigenvalue weighted by atomic mass is 9.98. The number of carboxylic acids is 1. The molecule has 5 nitrogen and oxygen atoms in total. The van der Waals surface area contributed by atoms with Crippen molar-refractivity contribution in [2.24, 2.45) is 0 Å². The van der Waals surface area contributed by atoms with E-state index in [0.29, 0.717) is 17.0 Å². The molecule has 1 aromatic heterocycles. The summed E-state index contributed by atoms with van der Waals surface area (Å²) in [5.74, 6) is -1.19. The molecule has 0 radical (unpaired) electrons. The first kappa shape index (κ1) is 16.8. The Morgan fingerprint density at radius 2 is 2.00 bits per heavy atom. The summed E-state index contributed by atoms with van der Waals surface area (Å²) in [6.07, 6.45) is 0.590. The second-order valence-electron chi connectivity index (χ2n) is 5.25. The Labute approximate surface area is 137 Å². The number of nitrogens with zero attached hydrogens (tertiary/aromatic N) is 1. The number of hydrogen-bond donors (Lipinski definition) is 2. The number of hydrogen-bond acceptors (Lipinski definition) is 3. The first-order valence-electron chi connectivity index (χ1n) is 6.72. The summed E-state index contributed by atoms with van der Waals surface area (Å²) in [5, 5.41) is 10.3. The topological polar surface area (TPSA) is 73.4 Å². The number of carboxylic acid groups (broad SMARTS) is 1. The van der Waals surface area contributed by atoms with Crippen molar-refractivity contribution < 1.29 is 9.90 Å². The van der Waals surface area contributed by atoms with Gasteiger partial charge in [0.15, 0.2) is 5.43 Å². The molecule has 22 heavy (non-hydrogen) atoms. The molecule has 0 aliphatic rings. The maximum atomic E-state index is 12.9. The lowest BCUT2D eigenvalue weighted by Gasteiger charge is -2.24. The molecule has 0 bridgehead atoms. The Morgan fingerprint density at radius 3 is 2.50 bits per heavy atom. The number of aromatic nitrogens is 1. The molecule has 0 fully saturated rings. The molecule has 1 atom stereocenters. The van der Waals surface area contributed by atoms with Crippen LogP contribution in [0.25, 0.3) is 10.9 Å². The summed E-state index contributed by atoms with van der Waals surface area (Å²) < 4.78 is 0. The molecule has 0 saturated carbocycles. The standard InChI is InChI=1S/C15H16Cl2N2O3/c1-4-10(19(2)3)12-13(15(21)22)18-9-6-7(16)5-8(17)11(9)14(12)20/h5-6,10H,4H2,1-3H3,(H,18,20)(H,21,22). The van der Waals surface area contributed by atoms with Gasteiger partial charge in [-0.25, -0.2) is 4.79 Å². The van der Waals surface area contributed by atoms with Crippen LogP contribution < -0.4 is 5.43 Å². The van der Waals surface area contributed by atoms with Gasteiger partial charge in [0.2, 0.25) is 0 Å². The van der Waals surface area contributed by atoms with Crippen LogP contribution in [-0.4, -0.2) is 35.1 Å². The molecular formula is C15H16Cl2N2O3. The van der Waals surface area contributed by atoms with Gasteiger partial charge in [-0.15, -0.1) is 0 Å². The van der Waals surface area contributed by atoms with Gasteiger partial charge in [-0.05, 0) is 32.6 Å². The smallest absolute Gasteiger partial charge is 0.352 e. The van der Waals surface area contributed by atoms with E-state index >= 15 is 0 Å². The fourth-order valence-corrected chi connectivity index (χ4v) is 3.25. The van der Waals surface area contributed by atoms with E-state index in [1.807, 2.05) is 11.8 Å². The summed E-state index contributed by atoms with van der Waals surface area (Å²) in [7, 11) is 3.60. The van der Waals surface area contributed by atoms with Crippen LogP contribution in [0.15, 0.2) is 16.9 Å². The minimum Gasteiger partial charge on any atom is -0.477 e. The number of nitrogens with one attached hydrogen (secondary N) is 1. The molecule has 1 heterocycles. The van der Waals surface area contributed by atoms with Crippen LogP contribution in [0.4, 0.5) is 0 Å². The highest BCUT2D eigenvalue weighted by atomic mass is 35.5. The van der Waals surface area contributed by atoms with Gasteiger partial charge in [0, 0.05) is 16.6 Å². The molecule has 2 aromatic rings. The second-order valence-corrected chi connectivity index (χ2v) is 6.09. The van der Waals surface area contributed by atoms with Crippen molar-refractivity contribution in [1.29, 1.82) is 0 Å². The fourth-order valence-electron chi connectivity index (χ4n) is 2.67. The highest BCUT2D eigenvalue weighted by molar-refractivity contribution is 6.38. The second kappa shape index (κ2) is 6.28. The van der Waals surface area contributed by atoms with Gasteiger partial charge in [0.25, 0.3) is 0 Å². The maximum Gasteiger partial charge on any atom is 0.352 e. The first-order chi connectivity index (χ1) is 10.3. The molecule has 0 aliphatic heterocycles. The molecule has 0 saturated heterocycles. The van der Waals surface area contributed by atoms with Crippen LogP contribution >= 0.6 is 23.2 Å². The van der Waals surface area contributed by atoms with E-state index in [2.05, 4.69) is 4.98 Å². The lowest BCUT2D eigenvalue weighted by Crippen LogP contribution is -2.29. The van der Waals surface area contributed by atoms with Gasteiger partial charge >= 0.3 is 5.97 Å². The number of pyridine rings is 1. The number of aromatic amines is 1. The van der Waals surface area contributed by atoms with Gasteiger partial charge < -0.3 is 15.0 Å². The Balaban J connectivity index is 2.96. The number of fused-ring (bicyclic) bond motifs is 1. The molecule has 1 aromatic carbocycles. The molecular weight excluding hydrogens is 327 g/mol. The van der Waals surface area contributed by atoms with Crippen LogP contribution in [0, 0.1) is 0 Å². The van der Waals surface area contributed by atoms with E-state index in [4.69, 9.17) is 23.2 Å². The molecule has 0 amide bonds. The molecule has 2 rings (SSSR count). The van der Waals surface area contributed by atoms with Crippen molar-refractivity contribution in [2.45, 2.75) is 19.4 Å². The largest absolute Gasteiger partial charge is 0.477 e. The Bertz CT molecular complexity index is 799. The first-order valence-corrected chi connectivity index (χ1v) is 7.48. The van der Waals surface area contributed by atoms with Crippen molar-refractivity contribution in [2.75, 3.05) is 14.1 Å². The molecule has 118 valence electrons. The third kappa shape index (κ3) is 2.84. The average Bonchev–Trinajstić information content (AvgIpc) is 2.40. The van der Waals surface area contributed by atoms with Crippen LogP contribution in [0.2, 0.25) is 10.0 Å². The van der Waals surface area contributed by atoms with Crippen LogP contribution in [-0.2, 0) is 0 Å². The number of benzene rings is 1. The monoisotopic (exact) mass is 342 g/mol. The predicted molar refractivity (Wildman–Crippen MR) is 88.3 cm³/mol. The fraction of sp³-hybridized carbons (Fsp3) is 0.333. The van der Waals surface area contributed by atoms with Gasteiger partial charge in [-0.1, -0.05) is 30.1 Å². The van der Waals surface area contributed by atoms with Gasteiger partial charge in [-0.2, -0.15) is 0 Å². The number of aromatic carboxylic acids is 1. The van der Waals surface area contributed by atoms with Crippen LogP contribution in [0.1, 0.15) is 35.4 Å². The normalized spacial score (nSPS) is 12.8. The van der Waals surface area contributed by atoms with Gasteiger partial charge in [0.1, 0.15) is 5.69 Å². The number of carbonyl (C=O) groups is 1. The summed E-state index contributed by atoms with van der Waals surface area (Å²) >= 11 is 12.1. The zero-order valence-electron chi connectivity index (χ0n) is 12.4. The van der Waals surface area contributed by atoms with Crippen LogP contribution in [0.3, 0.4) is 0 Å². The number of halogens is 2. The van der Waals surface area contributed by atoms with Crippen molar-refractivity contribution in [1.82, 2.24) is 9.88 Å². The third-order valence-electron chi connectivity index (χ3n) is 3.61.